The summed E-state index contributed by atoms with van der Waals surface area (Å²) in [6.45, 7) is 10.7. The molecular weight excluding hydrogens is 436 g/mol. The van der Waals surface area contributed by atoms with Crippen molar-refractivity contribution in [3.8, 4) is 11.1 Å². The lowest BCUT2D eigenvalue weighted by Crippen LogP contribution is -2.29. The number of carbonyl (C=O) groups is 2. The molecule has 0 aliphatic heterocycles. The van der Waals surface area contributed by atoms with Crippen molar-refractivity contribution in [1.29, 1.82) is 0 Å². The Hall–Kier alpha value is -2.54. The van der Waals surface area contributed by atoms with Gasteiger partial charge in [0.1, 0.15) is 11.2 Å². The van der Waals surface area contributed by atoms with Gasteiger partial charge in [0, 0.05) is 4.47 Å². The van der Waals surface area contributed by atoms with E-state index in [1.165, 1.54) is 0 Å². The lowest BCUT2D eigenvalue weighted by atomic mass is 10.0. The van der Waals surface area contributed by atoms with Crippen LogP contribution in [0, 0.1) is 0 Å². The first kappa shape index (κ1) is 22.7. The summed E-state index contributed by atoms with van der Waals surface area (Å²) < 4.78 is 11.6. The van der Waals surface area contributed by atoms with E-state index in [0.717, 1.165) is 15.6 Å². The fourth-order valence-corrected chi connectivity index (χ4v) is 2.67. The van der Waals surface area contributed by atoms with E-state index in [4.69, 9.17) is 9.47 Å². The van der Waals surface area contributed by atoms with Crippen molar-refractivity contribution >= 4 is 39.5 Å². The van der Waals surface area contributed by atoms with Gasteiger partial charge in [0.2, 0.25) is 0 Å². The molecule has 0 aliphatic carbocycles. The van der Waals surface area contributed by atoms with Crippen LogP contribution in [0.5, 0.6) is 0 Å². The minimum atomic E-state index is -0.647. The first-order chi connectivity index (χ1) is 13.3. The lowest BCUT2D eigenvalue weighted by molar-refractivity contribution is 0.0621. The highest BCUT2D eigenvalue weighted by molar-refractivity contribution is 9.10. The number of hydrogen-bond donors (Lipinski definition) is 2. The van der Waals surface area contributed by atoms with Crippen LogP contribution >= 0.6 is 15.9 Å². The Morgan fingerprint density at radius 2 is 1.17 bits per heavy atom. The van der Waals surface area contributed by atoms with Gasteiger partial charge >= 0.3 is 12.2 Å². The van der Waals surface area contributed by atoms with E-state index in [1.54, 1.807) is 53.7 Å². The van der Waals surface area contributed by atoms with E-state index in [1.807, 2.05) is 30.3 Å². The second-order valence-electron chi connectivity index (χ2n) is 8.52. The summed E-state index contributed by atoms with van der Waals surface area (Å²) in [5.41, 5.74) is 1.37. The number of benzene rings is 2. The summed E-state index contributed by atoms with van der Waals surface area (Å²) in [5.74, 6) is 0. The molecule has 0 fully saturated rings. The maximum atomic E-state index is 12.3. The average molecular weight is 463 g/mol. The third-order valence-corrected chi connectivity index (χ3v) is 4.00. The molecule has 0 aliphatic rings. The van der Waals surface area contributed by atoms with Crippen LogP contribution < -0.4 is 10.6 Å². The largest absolute Gasteiger partial charge is 0.444 e. The first-order valence-corrected chi connectivity index (χ1v) is 10.0. The molecule has 0 atom stereocenters. The van der Waals surface area contributed by atoms with Crippen molar-refractivity contribution in [2.75, 3.05) is 10.6 Å². The molecule has 2 rings (SSSR count). The summed E-state index contributed by atoms with van der Waals surface area (Å²) in [5, 5.41) is 5.40. The van der Waals surface area contributed by atoms with E-state index in [0.29, 0.717) is 11.4 Å². The highest BCUT2D eigenvalue weighted by atomic mass is 79.9. The normalized spacial score (nSPS) is 11.6. The van der Waals surface area contributed by atoms with Crippen LogP contribution in [0.4, 0.5) is 21.0 Å². The Kier molecular flexibility index (Phi) is 6.95. The molecule has 0 heterocycles. The third kappa shape index (κ3) is 7.77. The Balaban J connectivity index is 2.34. The summed E-state index contributed by atoms with van der Waals surface area (Å²) in [7, 11) is 0. The summed E-state index contributed by atoms with van der Waals surface area (Å²) >= 11 is 3.42. The number of nitrogens with one attached hydrogen (secondary N) is 2. The van der Waals surface area contributed by atoms with Crippen LogP contribution in [0.1, 0.15) is 41.5 Å². The minimum Gasteiger partial charge on any atom is -0.444 e. The SMILES string of the molecule is CC(C)(C)OC(=O)Nc1ccc(-c2ccc(Br)cc2)cc1NC(=O)OC(C)(C)C. The average Bonchev–Trinajstić information content (AvgIpc) is 2.53. The van der Waals surface area contributed by atoms with E-state index < -0.39 is 23.4 Å². The number of rotatable bonds is 3. The fourth-order valence-electron chi connectivity index (χ4n) is 2.41. The zero-order valence-electron chi connectivity index (χ0n) is 17.6. The number of halogens is 1. The van der Waals surface area contributed by atoms with Crippen LogP contribution in [0.3, 0.4) is 0 Å². The molecule has 0 bridgehead atoms. The van der Waals surface area contributed by atoms with Crippen LogP contribution in [0.2, 0.25) is 0 Å². The minimum absolute atomic E-state index is 0.408. The van der Waals surface area contributed by atoms with Crippen molar-refractivity contribution in [2.45, 2.75) is 52.7 Å². The fraction of sp³-hybridized carbons (Fsp3) is 0.364. The molecule has 0 saturated carbocycles. The standard InChI is InChI=1S/C22H27BrN2O4/c1-21(2,3)28-19(26)24-17-12-9-15(14-7-10-16(23)11-8-14)13-18(17)25-20(27)29-22(4,5)6/h7-13H,1-6H3,(H,24,26)(H,25,27). The second-order valence-corrected chi connectivity index (χ2v) is 9.44. The zero-order chi connectivity index (χ0) is 21.8. The molecule has 0 saturated heterocycles. The molecular formula is C22H27BrN2O4. The Morgan fingerprint density at radius 1 is 0.724 bits per heavy atom. The van der Waals surface area contributed by atoms with Crippen LogP contribution in [-0.4, -0.2) is 23.4 Å². The van der Waals surface area contributed by atoms with Gasteiger partial charge in [0.05, 0.1) is 11.4 Å². The van der Waals surface area contributed by atoms with Gasteiger partial charge in [0.15, 0.2) is 0 Å². The third-order valence-electron chi connectivity index (χ3n) is 3.47. The molecule has 156 valence electrons. The number of hydrogen-bond acceptors (Lipinski definition) is 4. The van der Waals surface area contributed by atoms with Crippen molar-refractivity contribution in [3.63, 3.8) is 0 Å². The van der Waals surface area contributed by atoms with Gasteiger partial charge in [-0.1, -0.05) is 34.1 Å². The number of ether oxygens (including phenoxy) is 2. The van der Waals surface area contributed by atoms with Gasteiger partial charge < -0.3 is 9.47 Å². The predicted octanol–water partition coefficient (Wildman–Crippen LogP) is 6.81. The molecule has 6 nitrogen and oxygen atoms in total. The number of carbonyl (C=O) groups excluding carboxylic acids is 2. The van der Waals surface area contributed by atoms with Gasteiger partial charge in [-0.05, 0) is 76.9 Å². The van der Waals surface area contributed by atoms with E-state index in [9.17, 15) is 9.59 Å². The molecule has 2 amide bonds. The molecule has 2 N–H and O–H groups in total. The number of amides is 2. The molecule has 2 aromatic rings. The summed E-state index contributed by atoms with van der Waals surface area (Å²) in [6, 6.07) is 13.1. The summed E-state index contributed by atoms with van der Waals surface area (Å²) in [6.07, 6.45) is -1.22. The monoisotopic (exact) mass is 462 g/mol. The quantitative estimate of drug-likeness (QED) is 0.524. The maximum Gasteiger partial charge on any atom is 0.412 e. The Morgan fingerprint density at radius 3 is 1.66 bits per heavy atom. The van der Waals surface area contributed by atoms with Crippen molar-refractivity contribution in [2.24, 2.45) is 0 Å². The molecule has 29 heavy (non-hydrogen) atoms. The van der Waals surface area contributed by atoms with Crippen molar-refractivity contribution in [1.82, 2.24) is 0 Å². The molecule has 0 spiro atoms. The summed E-state index contributed by atoms with van der Waals surface area (Å²) in [4.78, 5) is 24.5. The molecule has 0 unspecified atom stereocenters. The smallest absolute Gasteiger partial charge is 0.412 e. The molecule has 0 radical (unpaired) electrons. The van der Waals surface area contributed by atoms with Gasteiger partial charge in [0.25, 0.3) is 0 Å². The highest BCUT2D eigenvalue weighted by Crippen LogP contribution is 2.31. The van der Waals surface area contributed by atoms with E-state index in [2.05, 4.69) is 26.6 Å². The zero-order valence-corrected chi connectivity index (χ0v) is 19.1. The van der Waals surface area contributed by atoms with E-state index in [-0.39, 0.29) is 0 Å². The van der Waals surface area contributed by atoms with Crippen LogP contribution in [-0.2, 0) is 9.47 Å². The molecule has 7 heteroatoms. The van der Waals surface area contributed by atoms with Gasteiger partial charge in [-0.15, -0.1) is 0 Å². The van der Waals surface area contributed by atoms with Gasteiger partial charge in [-0.3, -0.25) is 10.6 Å². The van der Waals surface area contributed by atoms with Gasteiger partial charge in [-0.2, -0.15) is 0 Å². The Labute approximate surface area is 180 Å². The van der Waals surface area contributed by atoms with Crippen LogP contribution in [0.25, 0.3) is 11.1 Å². The number of anilines is 2. The van der Waals surface area contributed by atoms with Crippen molar-refractivity contribution in [3.05, 3.63) is 46.9 Å². The second kappa shape index (κ2) is 8.86. The van der Waals surface area contributed by atoms with E-state index >= 15 is 0 Å². The topological polar surface area (TPSA) is 76.7 Å². The van der Waals surface area contributed by atoms with Crippen molar-refractivity contribution < 1.29 is 19.1 Å². The lowest BCUT2D eigenvalue weighted by Gasteiger charge is -2.22. The Bertz CT molecular complexity index is 881. The van der Waals surface area contributed by atoms with Crippen LogP contribution in [0.15, 0.2) is 46.9 Å². The van der Waals surface area contributed by atoms with Gasteiger partial charge in [-0.25, -0.2) is 9.59 Å². The predicted molar refractivity (Wildman–Crippen MR) is 119 cm³/mol. The maximum absolute atomic E-state index is 12.3. The highest BCUT2D eigenvalue weighted by Gasteiger charge is 2.20. The molecule has 0 aromatic heterocycles. The molecule has 2 aromatic carbocycles. The first-order valence-electron chi connectivity index (χ1n) is 9.22.